The van der Waals surface area contributed by atoms with Crippen LogP contribution in [0.3, 0.4) is 0 Å². The van der Waals surface area contributed by atoms with Crippen molar-refractivity contribution in [3.63, 3.8) is 0 Å². The second kappa shape index (κ2) is 7.54. The Kier molecular flexibility index (Phi) is 5.98. The number of hydrogen-bond donors (Lipinski definition) is 0. The number of benzene rings is 1. The van der Waals surface area contributed by atoms with Crippen molar-refractivity contribution in [2.45, 2.75) is 19.8 Å². The molecule has 0 heterocycles. The first kappa shape index (κ1) is 14.3. The van der Waals surface area contributed by atoms with Gasteiger partial charge in [0.2, 0.25) is 5.91 Å². The molecule has 0 unspecified atom stereocenters. The smallest absolute Gasteiger partial charge is 0.246 e. The fraction of sp³-hybridized carbons (Fsp3) is 0.400. The van der Waals surface area contributed by atoms with E-state index in [1.807, 2.05) is 31.3 Å². The molecule has 0 aliphatic heterocycles. The Morgan fingerprint density at radius 2 is 2.11 bits per heavy atom. The summed E-state index contributed by atoms with van der Waals surface area (Å²) in [6.45, 7) is 2.91. The molecule has 0 spiro atoms. The molecule has 0 atom stereocenters. The minimum atomic E-state index is 0.0226. The van der Waals surface area contributed by atoms with Crippen molar-refractivity contribution in [3.05, 3.63) is 35.9 Å². The largest absolute Gasteiger partial charge is 0.496 e. The van der Waals surface area contributed by atoms with Crippen LogP contribution in [0.4, 0.5) is 0 Å². The highest BCUT2D eigenvalue weighted by Gasteiger charge is 2.04. The fourth-order valence-electron chi connectivity index (χ4n) is 1.60. The Labute approximate surface area is 109 Å². The predicted molar refractivity (Wildman–Crippen MR) is 74.6 cm³/mol. The van der Waals surface area contributed by atoms with E-state index in [2.05, 4.69) is 6.92 Å². The molecule has 1 aromatic carbocycles. The summed E-state index contributed by atoms with van der Waals surface area (Å²) in [5.41, 5.74) is 0.914. The van der Waals surface area contributed by atoms with E-state index in [-0.39, 0.29) is 5.91 Å². The molecular formula is C15H21NO2. The first-order valence-corrected chi connectivity index (χ1v) is 6.25. The van der Waals surface area contributed by atoms with Gasteiger partial charge in [-0.25, -0.2) is 0 Å². The van der Waals surface area contributed by atoms with E-state index >= 15 is 0 Å². The molecule has 98 valence electrons. The minimum Gasteiger partial charge on any atom is -0.496 e. The van der Waals surface area contributed by atoms with Crippen LogP contribution in [0.15, 0.2) is 30.3 Å². The monoisotopic (exact) mass is 247 g/mol. The third kappa shape index (κ3) is 4.24. The van der Waals surface area contributed by atoms with Crippen LogP contribution in [-0.2, 0) is 4.79 Å². The molecule has 0 saturated carbocycles. The van der Waals surface area contributed by atoms with Crippen LogP contribution in [0.2, 0.25) is 0 Å². The van der Waals surface area contributed by atoms with Crippen molar-refractivity contribution < 1.29 is 9.53 Å². The molecule has 0 bridgehead atoms. The average Bonchev–Trinajstić information content (AvgIpc) is 2.42. The third-order valence-corrected chi connectivity index (χ3v) is 2.77. The van der Waals surface area contributed by atoms with Crippen LogP contribution in [0.1, 0.15) is 25.3 Å². The normalized spacial score (nSPS) is 10.6. The molecule has 3 nitrogen and oxygen atoms in total. The summed E-state index contributed by atoms with van der Waals surface area (Å²) in [6.07, 6.45) is 5.51. The van der Waals surface area contributed by atoms with Crippen molar-refractivity contribution in [2.24, 2.45) is 0 Å². The van der Waals surface area contributed by atoms with Gasteiger partial charge < -0.3 is 9.64 Å². The van der Waals surface area contributed by atoms with Crippen LogP contribution < -0.4 is 4.74 Å². The molecule has 0 N–H and O–H groups in total. The van der Waals surface area contributed by atoms with Crippen molar-refractivity contribution in [3.8, 4) is 5.75 Å². The van der Waals surface area contributed by atoms with E-state index in [0.29, 0.717) is 0 Å². The summed E-state index contributed by atoms with van der Waals surface area (Å²) >= 11 is 0. The molecule has 0 aromatic heterocycles. The molecular weight excluding hydrogens is 226 g/mol. The zero-order valence-electron chi connectivity index (χ0n) is 11.3. The summed E-state index contributed by atoms with van der Waals surface area (Å²) in [5, 5.41) is 0. The Morgan fingerprint density at radius 1 is 1.39 bits per heavy atom. The molecule has 1 aromatic rings. The number of ether oxygens (including phenoxy) is 1. The third-order valence-electron chi connectivity index (χ3n) is 2.77. The number of para-hydroxylation sites is 1. The fourth-order valence-corrected chi connectivity index (χ4v) is 1.60. The predicted octanol–water partition coefficient (Wildman–Crippen LogP) is 2.97. The van der Waals surface area contributed by atoms with E-state index in [1.54, 1.807) is 24.2 Å². The van der Waals surface area contributed by atoms with Gasteiger partial charge in [-0.1, -0.05) is 31.5 Å². The SMILES string of the molecule is CCCCN(C)C(=O)/C=C/c1ccccc1OC. The van der Waals surface area contributed by atoms with Crippen molar-refractivity contribution in [2.75, 3.05) is 20.7 Å². The van der Waals surface area contributed by atoms with Gasteiger partial charge in [-0.05, 0) is 18.6 Å². The van der Waals surface area contributed by atoms with Gasteiger partial charge >= 0.3 is 0 Å². The summed E-state index contributed by atoms with van der Waals surface area (Å²) in [7, 11) is 3.45. The number of rotatable bonds is 6. The average molecular weight is 247 g/mol. The summed E-state index contributed by atoms with van der Waals surface area (Å²) in [6, 6.07) is 7.64. The lowest BCUT2D eigenvalue weighted by Crippen LogP contribution is -2.25. The van der Waals surface area contributed by atoms with Gasteiger partial charge in [0.05, 0.1) is 7.11 Å². The number of nitrogens with zero attached hydrogens (tertiary/aromatic N) is 1. The molecule has 0 aliphatic rings. The van der Waals surface area contributed by atoms with E-state index in [9.17, 15) is 4.79 Å². The maximum Gasteiger partial charge on any atom is 0.246 e. The Hall–Kier alpha value is -1.77. The maximum atomic E-state index is 11.8. The Bertz CT molecular complexity index is 413. The van der Waals surface area contributed by atoms with Crippen LogP contribution in [0.25, 0.3) is 6.08 Å². The van der Waals surface area contributed by atoms with Gasteiger partial charge in [-0.2, -0.15) is 0 Å². The molecule has 0 saturated heterocycles. The molecule has 18 heavy (non-hydrogen) atoms. The van der Waals surface area contributed by atoms with Crippen LogP contribution in [-0.4, -0.2) is 31.5 Å². The molecule has 0 aliphatic carbocycles. The summed E-state index contributed by atoms with van der Waals surface area (Å²) in [5.74, 6) is 0.798. The topological polar surface area (TPSA) is 29.5 Å². The second-order valence-electron chi connectivity index (χ2n) is 4.19. The first-order valence-electron chi connectivity index (χ1n) is 6.25. The zero-order chi connectivity index (χ0) is 13.4. The molecule has 3 heteroatoms. The molecule has 0 radical (unpaired) electrons. The molecule has 1 amide bonds. The first-order chi connectivity index (χ1) is 8.69. The molecule has 1 rings (SSSR count). The van der Waals surface area contributed by atoms with Crippen molar-refractivity contribution in [1.82, 2.24) is 4.90 Å². The number of methoxy groups -OCH3 is 1. The van der Waals surface area contributed by atoms with Crippen molar-refractivity contribution in [1.29, 1.82) is 0 Å². The highest BCUT2D eigenvalue weighted by Crippen LogP contribution is 2.18. The van der Waals surface area contributed by atoms with E-state index in [4.69, 9.17) is 4.74 Å². The number of likely N-dealkylation sites (N-methyl/N-ethyl adjacent to an activating group) is 1. The van der Waals surface area contributed by atoms with Gasteiger partial charge in [0, 0.05) is 25.2 Å². The highest BCUT2D eigenvalue weighted by atomic mass is 16.5. The maximum absolute atomic E-state index is 11.8. The summed E-state index contributed by atoms with van der Waals surface area (Å²) < 4.78 is 5.23. The number of carbonyl (C=O) groups excluding carboxylic acids is 1. The quantitative estimate of drug-likeness (QED) is 0.723. The van der Waals surface area contributed by atoms with Crippen LogP contribution >= 0.6 is 0 Å². The van der Waals surface area contributed by atoms with Crippen LogP contribution in [0, 0.1) is 0 Å². The highest BCUT2D eigenvalue weighted by molar-refractivity contribution is 5.91. The summed E-state index contributed by atoms with van der Waals surface area (Å²) in [4.78, 5) is 13.6. The Balaban J connectivity index is 2.65. The van der Waals surface area contributed by atoms with Gasteiger partial charge in [0.25, 0.3) is 0 Å². The van der Waals surface area contributed by atoms with Gasteiger partial charge in [0.1, 0.15) is 5.75 Å². The number of amides is 1. The van der Waals surface area contributed by atoms with E-state index < -0.39 is 0 Å². The lowest BCUT2D eigenvalue weighted by molar-refractivity contribution is -0.124. The standard InChI is InChI=1S/C15H21NO2/c1-4-5-12-16(2)15(17)11-10-13-8-6-7-9-14(13)18-3/h6-11H,4-5,12H2,1-3H3/b11-10+. The van der Waals surface area contributed by atoms with Crippen LogP contribution in [0.5, 0.6) is 5.75 Å². The molecule has 0 fully saturated rings. The number of unbranched alkanes of at least 4 members (excludes halogenated alkanes) is 1. The van der Waals surface area contributed by atoms with Crippen molar-refractivity contribution >= 4 is 12.0 Å². The lowest BCUT2D eigenvalue weighted by atomic mass is 10.2. The van der Waals surface area contributed by atoms with Gasteiger partial charge in [-0.3, -0.25) is 4.79 Å². The van der Waals surface area contributed by atoms with Gasteiger partial charge in [0.15, 0.2) is 0 Å². The van der Waals surface area contributed by atoms with E-state index in [1.165, 1.54) is 0 Å². The van der Waals surface area contributed by atoms with Gasteiger partial charge in [-0.15, -0.1) is 0 Å². The zero-order valence-corrected chi connectivity index (χ0v) is 11.3. The minimum absolute atomic E-state index is 0.0226. The second-order valence-corrected chi connectivity index (χ2v) is 4.19. The number of carbonyl (C=O) groups is 1. The lowest BCUT2D eigenvalue weighted by Gasteiger charge is -2.14. The van der Waals surface area contributed by atoms with E-state index in [0.717, 1.165) is 30.7 Å². The number of hydrogen-bond acceptors (Lipinski definition) is 2. The Morgan fingerprint density at radius 3 is 2.78 bits per heavy atom.